The van der Waals surface area contributed by atoms with E-state index < -0.39 is 5.60 Å². The Hall–Kier alpha value is -0.800. The normalized spacial score (nSPS) is 18.7. The van der Waals surface area contributed by atoms with E-state index >= 15 is 0 Å². The summed E-state index contributed by atoms with van der Waals surface area (Å²) in [5.74, 6) is 0. The van der Waals surface area contributed by atoms with Crippen LogP contribution in [-0.2, 0) is 13.1 Å². The average molecular weight is 264 g/mol. The van der Waals surface area contributed by atoms with Crippen LogP contribution in [0.5, 0.6) is 0 Å². The minimum Gasteiger partial charge on any atom is -0.389 e. The van der Waals surface area contributed by atoms with E-state index in [0.29, 0.717) is 0 Å². The number of hydrogen-bond donors (Lipinski definition) is 2. The Balaban J connectivity index is 1.89. The second-order valence-corrected chi connectivity index (χ2v) is 6.03. The van der Waals surface area contributed by atoms with Gasteiger partial charge in [0, 0.05) is 31.0 Å². The Labute approximate surface area is 117 Å². The summed E-state index contributed by atoms with van der Waals surface area (Å²) in [4.78, 5) is 0. The van der Waals surface area contributed by atoms with Crippen LogP contribution in [0.2, 0.25) is 0 Å². The maximum Gasteiger partial charge on any atom is 0.0771 e. The number of nitrogens with one attached hydrogen (secondary N) is 1. The van der Waals surface area contributed by atoms with Gasteiger partial charge in [0.1, 0.15) is 0 Å². The van der Waals surface area contributed by atoms with Gasteiger partial charge >= 0.3 is 0 Å². The van der Waals surface area contributed by atoms with Gasteiger partial charge in [-0.3, -0.25) is 0 Å². The minimum absolute atomic E-state index is 0.464. The standard InChI is InChI=1S/C16H28N2O/c1-4-18-13(2)10-15(14(18)3)11-17-12-16(19)8-6-5-7-9-16/h10,17,19H,4-9,11-12H2,1-3H3. The third kappa shape index (κ3) is 3.40. The van der Waals surface area contributed by atoms with Crippen molar-refractivity contribution >= 4 is 0 Å². The summed E-state index contributed by atoms with van der Waals surface area (Å²) in [6, 6.07) is 2.26. The van der Waals surface area contributed by atoms with Gasteiger partial charge in [-0.1, -0.05) is 19.3 Å². The van der Waals surface area contributed by atoms with E-state index in [4.69, 9.17) is 0 Å². The molecule has 2 rings (SSSR count). The summed E-state index contributed by atoms with van der Waals surface area (Å²) in [7, 11) is 0. The molecule has 0 atom stereocenters. The molecule has 0 spiro atoms. The summed E-state index contributed by atoms with van der Waals surface area (Å²) in [6.45, 7) is 9.14. The molecule has 0 aromatic carbocycles. The molecule has 1 saturated carbocycles. The van der Waals surface area contributed by atoms with Gasteiger partial charge in [-0.25, -0.2) is 0 Å². The van der Waals surface area contributed by atoms with Gasteiger partial charge in [-0.05, 0) is 45.2 Å². The summed E-state index contributed by atoms with van der Waals surface area (Å²) < 4.78 is 2.34. The van der Waals surface area contributed by atoms with Crippen molar-refractivity contribution in [1.29, 1.82) is 0 Å². The van der Waals surface area contributed by atoms with E-state index in [-0.39, 0.29) is 0 Å². The number of aromatic nitrogens is 1. The van der Waals surface area contributed by atoms with E-state index in [9.17, 15) is 5.11 Å². The number of aryl methyl sites for hydroxylation is 1. The molecule has 0 amide bonds. The largest absolute Gasteiger partial charge is 0.389 e. The van der Waals surface area contributed by atoms with E-state index in [1.807, 2.05) is 0 Å². The highest BCUT2D eigenvalue weighted by Crippen LogP contribution is 2.27. The van der Waals surface area contributed by atoms with Crippen LogP contribution in [0.15, 0.2) is 6.07 Å². The van der Waals surface area contributed by atoms with Gasteiger partial charge in [-0.15, -0.1) is 0 Å². The van der Waals surface area contributed by atoms with Crippen molar-refractivity contribution in [2.24, 2.45) is 0 Å². The molecule has 1 aromatic heterocycles. The summed E-state index contributed by atoms with van der Waals surface area (Å²) in [5, 5.41) is 13.9. The van der Waals surface area contributed by atoms with Crippen LogP contribution in [0, 0.1) is 13.8 Å². The van der Waals surface area contributed by atoms with Gasteiger partial charge in [-0.2, -0.15) is 0 Å². The van der Waals surface area contributed by atoms with Crippen LogP contribution in [0.3, 0.4) is 0 Å². The predicted molar refractivity (Wildman–Crippen MR) is 79.3 cm³/mol. The molecule has 0 aliphatic heterocycles. The van der Waals surface area contributed by atoms with Crippen LogP contribution >= 0.6 is 0 Å². The van der Waals surface area contributed by atoms with Gasteiger partial charge in [0.25, 0.3) is 0 Å². The van der Waals surface area contributed by atoms with E-state index in [1.165, 1.54) is 36.2 Å². The van der Waals surface area contributed by atoms with Crippen molar-refractivity contribution in [2.75, 3.05) is 6.54 Å². The fourth-order valence-electron chi connectivity index (χ4n) is 3.35. The number of aliphatic hydroxyl groups is 1. The fraction of sp³-hybridized carbons (Fsp3) is 0.750. The molecule has 2 N–H and O–H groups in total. The van der Waals surface area contributed by atoms with Crippen LogP contribution in [0.4, 0.5) is 0 Å². The molecule has 1 aliphatic carbocycles. The Morgan fingerprint density at radius 2 is 1.95 bits per heavy atom. The lowest BCUT2D eigenvalue weighted by Gasteiger charge is -2.32. The highest BCUT2D eigenvalue weighted by molar-refractivity contribution is 5.26. The van der Waals surface area contributed by atoms with Crippen LogP contribution in [0.25, 0.3) is 0 Å². The first-order valence-electron chi connectivity index (χ1n) is 7.64. The zero-order chi connectivity index (χ0) is 13.9. The minimum atomic E-state index is -0.464. The van der Waals surface area contributed by atoms with Crippen molar-refractivity contribution in [3.05, 3.63) is 23.0 Å². The van der Waals surface area contributed by atoms with Gasteiger partial charge in [0.05, 0.1) is 5.60 Å². The van der Waals surface area contributed by atoms with Gasteiger partial charge < -0.3 is 15.0 Å². The van der Waals surface area contributed by atoms with E-state index in [0.717, 1.165) is 32.5 Å². The van der Waals surface area contributed by atoms with E-state index in [2.05, 4.69) is 36.7 Å². The lowest BCUT2D eigenvalue weighted by Crippen LogP contribution is -2.41. The molecule has 1 fully saturated rings. The molecular weight excluding hydrogens is 236 g/mol. The second kappa shape index (κ2) is 6.10. The topological polar surface area (TPSA) is 37.2 Å². The second-order valence-electron chi connectivity index (χ2n) is 6.03. The molecule has 1 aliphatic rings. The van der Waals surface area contributed by atoms with Crippen molar-refractivity contribution in [2.45, 2.75) is 71.6 Å². The zero-order valence-corrected chi connectivity index (χ0v) is 12.6. The zero-order valence-electron chi connectivity index (χ0n) is 12.6. The molecule has 0 bridgehead atoms. The molecule has 0 unspecified atom stereocenters. The van der Waals surface area contributed by atoms with Crippen molar-refractivity contribution < 1.29 is 5.11 Å². The van der Waals surface area contributed by atoms with Crippen LogP contribution in [0.1, 0.15) is 56.0 Å². The Kier molecular flexibility index (Phi) is 4.69. The quantitative estimate of drug-likeness (QED) is 0.858. The first kappa shape index (κ1) is 14.6. The number of rotatable bonds is 5. The Morgan fingerprint density at radius 1 is 1.26 bits per heavy atom. The fourth-order valence-corrected chi connectivity index (χ4v) is 3.35. The monoisotopic (exact) mass is 264 g/mol. The molecule has 108 valence electrons. The number of hydrogen-bond acceptors (Lipinski definition) is 2. The number of nitrogens with zero attached hydrogens (tertiary/aromatic N) is 1. The van der Waals surface area contributed by atoms with Gasteiger partial charge in [0.2, 0.25) is 0 Å². The molecule has 1 heterocycles. The molecule has 3 heteroatoms. The lowest BCUT2D eigenvalue weighted by atomic mass is 9.85. The first-order valence-corrected chi connectivity index (χ1v) is 7.64. The molecule has 1 aromatic rings. The molecular formula is C16H28N2O. The smallest absolute Gasteiger partial charge is 0.0771 e. The van der Waals surface area contributed by atoms with E-state index in [1.54, 1.807) is 0 Å². The summed E-state index contributed by atoms with van der Waals surface area (Å²) in [5.41, 5.74) is 3.57. The molecule has 19 heavy (non-hydrogen) atoms. The van der Waals surface area contributed by atoms with Crippen LogP contribution in [-0.4, -0.2) is 21.8 Å². The van der Waals surface area contributed by atoms with Crippen LogP contribution < -0.4 is 5.32 Å². The molecule has 0 radical (unpaired) electrons. The molecule has 0 saturated heterocycles. The third-order valence-corrected chi connectivity index (χ3v) is 4.55. The van der Waals surface area contributed by atoms with Gasteiger partial charge in [0.15, 0.2) is 0 Å². The first-order chi connectivity index (χ1) is 9.06. The highest BCUT2D eigenvalue weighted by Gasteiger charge is 2.28. The third-order valence-electron chi connectivity index (χ3n) is 4.55. The van der Waals surface area contributed by atoms with Crippen molar-refractivity contribution in [3.63, 3.8) is 0 Å². The molecule has 3 nitrogen and oxygen atoms in total. The summed E-state index contributed by atoms with van der Waals surface area (Å²) >= 11 is 0. The average Bonchev–Trinajstić information content (AvgIpc) is 2.65. The predicted octanol–water partition coefficient (Wildman–Crippen LogP) is 2.91. The lowest BCUT2D eigenvalue weighted by molar-refractivity contribution is 0.00466. The highest BCUT2D eigenvalue weighted by atomic mass is 16.3. The summed E-state index contributed by atoms with van der Waals surface area (Å²) in [6.07, 6.45) is 5.52. The Morgan fingerprint density at radius 3 is 2.53 bits per heavy atom. The maximum absolute atomic E-state index is 10.5. The SMILES string of the molecule is CCn1c(C)cc(CNCC2(O)CCCCC2)c1C. The van der Waals surface area contributed by atoms with Crippen molar-refractivity contribution in [3.8, 4) is 0 Å². The van der Waals surface area contributed by atoms with Crippen molar-refractivity contribution in [1.82, 2.24) is 9.88 Å². The maximum atomic E-state index is 10.5. The Bertz CT molecular complexity index is 417.